The van der Waals surface area contributed by atoms with E-state index >= 15 is 0 Å². The van der Waals surface area contributed by atoms with Gasteiger partial charge in [-0.25, -0.2) is 4.79 Å². The maximum Gasteiger partial charge on any atom is 0.331 e. The average Bonchev–Trinajstić information content (AvgIpc) is 2.64. The third-order valence-corrected chi connectivity index (χ3v) is 4.21. The number of nitrogens with zero attached hydrogens (tertiary/aromatic N) is 2. The Hall–Kier alpha value is -2.61. The fraction of sp³-hybridized carbons (Fsp3) is 0.421. The summed E-state index contributed by atoms with van der Waals surface area (Å²) in [5.74, 6) is -0.667. The highest BCUT2D eigenvalue weighted by molar-refractivity contribution is 5.89. The van der Waals surface area contributed by atoms with E-state index in [9.17, 15) is 9.59 Å². The Bertz CT molecular complexity index is 644. The van der Waals surface area contributed by atoms with Crippen LogP contribution in [-0.2, 0) is 14.3 Å². The lowest BCUT2D eigenvalue weighted by molar-refractivity contribution is -0.150. The van der Waals surface area contributed by atoms with Crippen LogP contribution in [0.3, 0.4) is 0 Å². The number of hydrogen-bond donors (Lipinski definition) is 0. The van der Waals surface area contributed by atoms with Crippen LogP contribution in [0.25, 0.3) is 6.08 Å². The van der Waals surface area contributed by atoms with Crippen LogP contribution in [0.2, 0.25) is 0 Å². The smallest absolute Gasteiger partial charge is 0.331 e. The third kappa shape index (κ3) is 4.95. The number of esters is 1. The zero-order chi connectivity index (χ0) is 17.4. The van der Waals surface area contributed by atoms with Gasteiger partial charge in [0.15, 0.2) is 6.61 Å². The molecule has 1 aliphatic rings. The number of piperidine rings is 1. The van der Waals surface area contributed by atoms with E-state index in [0.29, 0.717) is 5.56 Å². The van der Waals surface area contributed by atoms with Gasteiger partial charge in [-0.2, -0.15) is 5.26 Å². The molecule has 24 heavy (non-hydrogen) atoms. The van der Waals surface area contributed by atoms with E-state index in [2.05, 4.69) is 6.92 Å². The number of amides is 1. The standard InChI is InChI=1S/C19H22N2O3/c1-2-17-5-3-4-12-21(17)18(22)14-24-19(23)11-10-15-6-8-16(13-20)9-7-15/h6-11,17H,2-5,12,14H2,1H3/b11-10+/t17-/m0/s1. The van der Waals surface area contributed by atoms with E-state index in [4.69, 9.17) is 10.00 Å². The predicted octanol–water partition coefficient (Wildman–Crippen LogP) is 2.91. The molecule has 2 rings (SSSR count). The zero-order valence-corrected chi connectivity index (χ0v) is 13.9. The van der Waals surface area contributed by atoms with Gasteiger partial charge in [0.1, 0.15) is 0 Å². The molecular formula is C19H22N2O3. The number of rotatable bonds is 5. The number of nitriles is 1. The van der Waals surface area contributed by atoms with Crippen LogP contribution in [-0.4, -0.2) is 36.0 Å². The fourth-order valence-electron chi connectivity index (χ4n) is 2.85. The Morgan fingerprint density at radius 1 is 1.33 bits per heavy atom. The SMILES string of the molecule is CC[C@H]1CCCCN1C(=O)COC(=O)/C=C/c1ccc(C#N)cc1. The van der Waals surface area contributed by atoms with Crippen LogP contribution >= 0.6 is 0 Å². The minimum atomic E-state index is -0.544. The van der Waals surface area contributed by atoms with Gasteiger partial charge < -0.3 is 9.64 Å². The van der Waals surface area contributed by atoms with Crippen molar-refractivity contribution in [1.29, 1.82) is 5.26 Å². The lowest BCUT2D eigenvalue weighted by Gasteiger charge is -2.35. The van der Waals surface area contributed by atoms with E-state index in [1.165, 1.54) is 6.08 Å². The maximum absolute atomic E-state index is 12.2. The summed E-state index contributed by atoms with van der Waals surface area (Å²) in [7, 11) is 0. The predicted molar refractivity (Wildman–Crippen MR) is 90.8 cm³/mol. The molecule has 1 amide bonds. The molecule has 1 fully saturated rings. The van der Waals surface area contributed by atoms with Crippen molar-refractivity contribution in [3.63, 3.8) is 0 Å². The maximum atomic E-state index is 12.2. The quantitative estimate of drug-likeness (QED) is 0.616. The Balaban J connectivity index is 1.82. The largest absolute Gasteiger partial charge is 0.452 e. The van der Waals surface area contributed by atoms with Gasteiger partial charge in [0.25, 0.3) is 5.91 Å². The number of likely N-dealkylation sites (tertiary alicyclic amines) is 1. The molecule has 5 nitrogen and oxygen atoms in total. The Kier molecular flexibility index (Phi) is 6.56. The van der Waals surface area contributed by atoms with Crippen LogP contribution in [0, 0.1) is 11.3 Å². The van der Waals surface area contributed by atoms with Crippen molar-refractivity contribution in [3.8, 4) is 6.07 Å². The van der Waals surface area contributed by atoms with Gasteiger partial charge in [0.2, 0.25) is 0 Å². The van der Waals surface area contributed by atoms with Crippen LogP contribution in [0.4, 0.5) is 0 Å². The van der Waals surface area contributed by atoms with Crippen molar-refractivity contribution >= 4 is 18.0 Å². The second kappa shape index (κ2) is 8.88. The van der Waals surface area contributed by atoms with Gasteiger partial charge in [-0.05, 0) is 49.5 Å². The lowest BCUT2D eigenvalue weighted by Crippen LogP contribution is -2.45. The number of hydrogen-bond acceptors (Lipinski definition) is 4. The minimum Gasteiger partial charge on any atom is -0.452 e. The molecule has 0 bridgehead atoms. The molecule has 1 saturated heterocycles. The summed E-state index contributed by atoms with van der Waals surface area (Å²) >= 11 is 0. The summed E-state index contributed by atoms with van der Waals surface area (Å²) in [5.41, 5.74) is 1.35. The molecule has 0 spiro atoms. The summed E-state index contributed by atoms with van der Waals surface area (Å²) < 4.78 is 5.05. The third-order valence-electron chi connectivity index (χ3n) is 4.21. The minimum absolute atomic E-state index is 0.123. The van der Waals surface area contributed by atoms with Gasteiger partial charge in [-0.1, -0.05) is 19.1 Å². The van der Waals surface area contributed by atoms with Crippen molar-refractivity contribution in [1.82, 2.24) is 4.90 Å². The zero-order valence-electron chi connectivity index (χ0n) is 13.9. The van der Waals surface area contributed by atoms with Crippen molar-refractivity contribution in [2.24, 2.45) is 0 Å². The molecule has 0 unspecified atom stereocenters. The molecular weight excluding hydrogens is 304 g/mol. The molecule has 0 aliphatic carbocycles. The van der Waals surface area contributed by atoms with Gasteiger partial charge >= 0.3 is 5.97 Å². The van der Waals surface area contributed by atoms with E-state index in [-0.39, 0.29) is 18.6 Å². The molecule has 1 aliphatic heterocycles. The summed E-state index contributed by atoms with van der Waals surface area (Å²) in [4.78, 5) is 25.8. The first-order valence-electron chi connectivity index (χ1n) is 8.28. The number of carbonyl (C=O) groups excluding carboxylic acids is 2. The molecule has 126 valence electrons. The highest BCUT2D eigenvalue weighted by atomic mass is 16.5. The highest BCUT2D eigenvalue weighted by Crippen LogP contribution is 2.19. The topological polar surface area (TPSA) is 70.4 Å². The first kappa shape index (κ1) is 17.7. The van der Waals surface area contributed by atoms with Gasteiger partial charge in [0, 0.05) is 18.7 Å². The number of carbonyl (C=O) groups is 2. The summed E-state index contributed by atoms with van der Waals surface area (Å²) in [5, 5.41) is 8.73. The first-order chi connectivity index (χ1) is 11.6. The summed E-state index contributed by atoms with van der Waals surface area (Å²) in [6, 6.07) is 9.14. The normalized spacial score (nSPS) is 17.5. The highest BCUT2D eigenvalue weighted by Gasteiger charge is 2.25. The Morgan fingerprint density at radius 2 is 2.08 bits per heavy atom. The van der Waals surface area contributed by atoms with Crippen LogP contribution < -0.4 is 0 Å². The van der Waals surface area contributed by atoms with Crippen molar-refractivity contribution in [2.75, 3.05) is 13.2 Å². The first-order valence-corrected chi connectivity index (χ1v) is 8.28. The monoisotopic (exact) mass is 326 g/mol. The molecule has 1 aromatic rings. The van der Waals surface area contributed by atoms with Gasteiger partial charge in [-0.15, -0.1) is 0 Å². The Morgan fingerprint density at radius 3 is 2.75 bits per heavy atom. The molecule has 0 saturated carbocycles. The van der Waals surface area contributed by atoms with Gasteiger partial charge in [-0.3, -0.25) is 4.79 Å². The average molecular weight is 326 g/mol. The molecule has 1 atom stereocenters. The van der Waals surface area contributed by atoms with Crippen molar-refractivity contribution in [3.05, 3.63) is 41.5 Å². The van der Waals surface area contributed by atoms with Gasteiger partial charge in [0.05, 0.1) is 11.6 Å². The van der Waals surface area contributed by atoms with E-state index < -0.39 is 5.97 Å². The van der Waals surface area contributed by atoms with Crippen LogP contribution in [0.5, 0.6) is 0 Å². The van der Waals surface area contributed by atoms with E-state index in [0.717, 1.165) is 37.8 Å². The molecule has 1 heterocycles. The fourth-order valence-corrected chi connectivity index (χ4v) is 2.85. The molecule has 5 heteroatoms. The summed E-state index contributed by atoms with van der Waals surface area (Å²) in [6.07, 6.45) is 7.00. The van der Waals surface area contributed by atoms with E-state index in [1.54, 1.807) is 30.3 Å². The Labute approximate surface area is 142 Å². The molecule has 1 aromatic carbocycles. The van der Waals surface area contributed by atoms with Crippen molar-refractivity contribution in [2.45, 2.75) is 38.6 Å². The van der Waals surface area contributed by atoms with Crippen molar-refractivity contribution < 1.29 is 14.3 Å². The van der Waals surface area contributed by atoms with Crippen LogP contribution in [0.1, 0.15) is 43.7 Å². The number of benzene rings is 1. The molecule has 0 radical (unpaired) electrons. The lowest BCUT2D eigenvalue weighted by atomic mass is 10.00. The van der Waals surface area contributed by atoms with Crippen LogP contribution in [0.15, 0.2) is 30.3 Å². The second-order valence-corrected chi connectivity index (χ2v) is 5.82. The second-order valence-electron chi connectivity index (χ2n) is 5.82. The molecule has 0 aromatic heterocycles. The summed E-state index contributed by atoms with van der Waals surface area (Å²) in [6.45, 7) is 2.60. The number of ether oxygens (including phenoxy) is 1. The van der Waals surface area contributed by atoms with E-state index in [1.807, 2.05) is 11.0 Å². The molecule has 0 N–H and O–H groups in total.